The molecule has 0 aliphatic carbocycles. The van der Waals surface area contributed by atoms with Gasteiger partial charge >= 0.3 is 0 Å². The lowest BCUT2D eigenvalue weighted by Gasteiger charge is -2.18. The smallest absolute Gasteiger partial charge is 0.250 e. The molecule has 0 spiro atoms. The Bertz CT molecular complexity index is 500. The van der Waals surface area contributed by atoms with Crippen LogP contribution in [-0.4, -0.2) is 39.8 Å². The van der Waals surface area contributed by atoms with E-state index in [2.05, 4.69) is 46.5 Å². The van der Waals surface area contributed by atoms with Crippen molar-refractivity contribution in [1.29, 1.82) is 0 Å². The van der Waals surface area contributed by atoms with Gasteiger partial charge in [0, 0.05) is 25.3 Å². The van der Waals surface area contributed by atoms with Crippen molar-refractivity contribution in [1.82, 2.24) is 20.2 Å². The molecule has 6 heteroatoms. The van der Waals surface area contributed by atoms with Crippen molar-refractivity contribution in [3.8, 4) is 5.69 Å². The van der Waals surface area contributed by atoms with Gasteiger partial charge in [0.2, 0.25) is 5.95 Å². The molecule has 1 aromatic carbocycles. The number of nitrogens with one attached hydrogen (secondary N) is 1. The third-order valence-electron chi connectivity index (χ3n) is 2.99. The number of hydrogen-bond donors (Lipinski definition) is 1. The Kier molecular flexibility index (Phi) is 4.33. The van der Waals surface area contributed by atoms with Crippen LogP contribution in [0.15, 0.2) is 24.3 Å². The Morgan fingerprint density at radius 1 is 1.11 bits per heavy atom. The summed E-state index contributed by atoms with van der Waals surface area (Å²) < 4.78 is 1.77. The summed E-state index contributed by atoms with van der Waals surface area (Å²) in [6, 6.07) is 8.10. The van der Waals surface area contributed by atoms with E-state index in [1.807, 2.05) is 24.3 Å². The largest absolute Gasteiger partial charge is 0.385 e. The van der Waals surface area contributed by atoms with E-state index in [1.165, 1.54) is 0 Å². The van der Waals surface area contributed by atoms with E-state index in [4.69, 9.17) is 0 Å². The third-order valence-corrected chi connectivity index (χ3v) is 2.99. The molecule has 2 aromatic rings. The maximum absolute atomic E-state index is 4.11. The molecule has 6 nitrogen and oxygen atoms in total. The van der Waals surface area contributed by atoms with Gasteiger partial charge < -0.3 is 10.2 Å². The summed E-state index contributed by atoms with van der Waals surface area (Å²) in [5.74, 6) is 0.779. The molecule has 0 saturated carbocycles. The van der Waals surface area contributed by atoms with Crippen molar-refractivity contribution in [2.45, 2.75) is 20.8 Å². The first kappa shape index (κ1) is 13.3. The molecular weight excluding hydrogens is 240 g/mol. The van der Waals surface area contributed by atoms with Crippen LogP contribution in [0.1, 0.15) is 20.8 Å². The monoisotopic (exact) mass is 260 g/mol. The van der Waals surface area contributed by atoms with E-state index in [0.29, 0.717) is 0 Å². The van der Waals surface area contributed by atoms with E-state index >= 15 is 0 Å². The Morgan fingerprint density at radius 3 is 2.37 bits per heavy atom. The van der Waals surface area contributed by atoms with Crippen LogP contribution in [-0.2, 0) is 0 Å². The van der Waals surface area contributed by atoms with Gasteiger partial charge in [-0.05, 0) is 55.5 Å². The van der Waals surface area contributed by atoms with E-state index in [9.17, 15) is 0 Å². The summed E-state index contributed by atoms with van der Waals surface area (Å²) in [6.45, 7) is 8.94. The highest BCUT2D eigenvalue weighted by molar-refractivity contribution is 5.50. The van der Waals surface area contributed by atoms with Gasteiger partial charge in [0.1, 0.15) is 0 Å². The highest BCUT2D eigenvalue weighted by atomic mass is 15.6. The van der Waals surface area contributed by atoms with Crippen molar-refractivity contribution in [2.24, 2.45) is 0 Å². The predicted molar refractivity (Wildman–Crippen MR) is 76.9 cm³/mol. The minimum absolute atomic E-state index is 0.779. The molecule has 0 aliphatic rings. The maximum atomic E-state index is 4.11. The molecule has 0 atom stereocenters. The van der Waals surface area contributed by atoms with Gasteiger partial charge in [0.25, 0.3) is 0 Å². The molecule has 0 radical (unpaired) electrons. The minimum atomic E-state index is 0.779. The minimum Gasteiger partial charge on any atom is -0.385 e. The normalized spacial score (nSPS) is 10.5. The lowest BCUT2D eigenvalue weighted by molar-refractivity contribution is 0.759. The first-order valence-corrected chi connectivity index (χ1v) is 6.67. The molecule has 1 N–H and O–H groups in total. The van der Waals surface area contributed by atoms with Gasteiger partial charge in [-0.15, -0.1) is 0 Å². The standard InChI is InChI=1S/C13H20N6/c1-4-14-11-7-9-12(10-8-11)19-13(15-16-17-19)18(5-2)6-3/h7-10,14H,4-6H2,1-3H3. The maximum Gasteiger partial charge on any atom is 0.250 e. The molecule has 19 heavy (non-hydrogen) atoms. The highest BCUT2D eigenvalue weighted by Crippen LogP contribution is 2.17. The molecule has 2 rings (SSSR count). The number of benzene rings is 1. The fourth-order valence-electron chi connectivity index (χ4n) is 1.98. The molecular formula is C13H20N6. The van der Waals surface area contributed by atoms with Crippen LogP contribution in [0, 0.1) is 0 Å². The summed E-state index contributed by atoms with van der Waals surface area (Å²) in [4.78, 5) is 2.12. The molecule has 0 amide bonds. The SMILES string of the molecule is CCNc1ccc(-n2nnnc2N(CC)CC)cc1. The second kappa shape index (κ2) is 6.17. The van der Waals surface area contributed by atoms with Crippen LogP contribution in [0.2, 0.25) is 0 Å². The van der Waals surface area contributed by atoms with Gasteiger partial charge in [-0.2, -0.15) is 4.68 Å². The summed E-state index contributed by atoms with van der Waals surface area (Å²) in [6.07, 6.45) is 0. The van der Waals surface area contributed by atoms with Crippen LogP contribution in [0.4, 0.5) is 11.6 Å². The topological polar surface area (TPSA) is 58.9 Å². The average Bonchev–Trinajstić information content (AvgIpc) is 2.91. The lowest BCUT2D eigenvalue weighted by atomic mass is 10.3. The van der Waals surface area contributed by atoms with E-state index in [0.717, 1.165) is 37.0 Å². The zero-order valence-corrected chi connectivity index (χ0v) is 11.7. The molecule has 0 aliphatic heterocycles. The Balaban J connectivity index is 2.29. The van der Waals surface area contributed by atoms with Gasteiger partial charge in [-0.1, -0.05) is 5.10 Å². The summed E-state index contributed by atoms with van der Waals surface area (Å²) in [5.41, 5.74) is 2.07. The molecule has 1 aromatic heterocycles. The fourth-order valence-corrected chi connectivity index (χ4v) is 1.98. The van der Waals surface area contributed by atoms with Crippen molar-refractivity contribution < 1.29 is 0 Å². The first-order chi connectivity index (χ1) is 9.30. The van der Waals surface area contributed by atoms with Gasteiger partial charge in [-0.25, -0.2) is 0 Å². The zero-order valence-electron chi connectivity index (χ0n) is 11.7. The summed E-state index contributed by atoms with van der Waals surface area (Å²) >= 11 is 0. The summed E-state index contributed by atoms with van der Waals surface area (Å²) in [7, 11) is 0. The predicted octanol–water partition coefficient (Wildman–Crippen LogP) is 1.94. The molecule has 102 valence electrons. The fraction of sp³-hybridized carbons (Fsp3) is 0.462. The zero-order chi connectivity index (χ0) is 13.7. The second-order valence-electron chi connectivity index (χ2n) is 4.14. The number of tetrazole rings is 1. The van der Waals surface area contributed by atoms with E-state index in [1.54, 1.807) is 4.68 Å². The van der Waals surface area contributed by atoms with Crippen LogP contribution in [0.25, 0.3) is 5.69 Å². The number of nitrogens with zero attached hydrogens (tertiary/aromatic N) is 5. The van der Waals surface area contributed by atoms with Crippen molar-refractivity contribution in [2.75, 3.05) is 29.9 Å². The first-order valence-electron chi connectivity index (χ1n) is 6.67. The number of hydrogen-bond acceptors (Lipinski definition) is 5. The quantitative estimate of drug-likeness (QED) is 0.860. The van der Waals surface area contributed by atoms with Crippen LogP contribution in [0.5, 0.6) is 0 Å². The van der Waals surface area contributed by atoms with Gasteiger partial charge in [0.15, 0.2) is 0 Å². The van der Waals surface area contributed by atoms with Crippen LogP contribution < -0.4 is 10.2 Å². The second-order valence-corrected chi connectivity index (χ2v) is 4.14. The van der Waals surface area contributed by atoms with Crippen molar-refractivity contribution in [3.63, 3.8) is 0 Å². The molecule has 0 unspecified atom stereocenters. The number of anilines is 2. The van der Waals surface area contributed by atoms with Crippen molar-refractivity contribution >= 4 is 11.6 Å². The Labute approximate surface area is 113 Å². The van der Waals surface area contributed by atoms with E-state index in [-0.39, 0.29) is 0 Å². The number of rotatable bonds is 6. The molecule has 0 bridgehead atoms. The third kappa shape index (κ3) is 2.83. The summed E-state index contributed by atoms with van der Waals surface area (Å²) in [5, 5.41) is 15.2. The molecule has 0 saturated heterocycles. The number of aromatic nitrogens is 4. The Hall–Kier alpha value is -2.11. The Morgan fingerprint density at radius 2 is 1.79 bits per heavy atom. The molecule has 1 heterocycles. The average molecular weight is 260 g/mol. The van der Waals surface area contributed by atoms with Gasteiger partial charge in [-0.3, -0.25) is 0 Å². The lowest BCUT2D eigenvalue weighted by Crippen LogP contribution is -2.25. The van der Waals surface area contributed by atoms with Crippen molar-refractivity contribution in [3.05, 3.63) is 24.3 Å². The van der Waals surface area contributed by atoms with Gasteiger partial charge in [0.05, 0.1) is 5.69 Å². The van der Waals surface area contributed by atoms with E-state index < -0.39 is 0 Å². The highest BCUT2D eigenvalue weighted by Gasteiger charge is 2.13. The molecule has 0 fully saturated rings. The van der Waals surface area contributed by atoms with Crippen LogP contribution in [0.3, 0.4) is 0 Å². The van der Waals surface area contributed by atoms with Crippen LogP contribution >= 0.6 is 0 Å².